The Morgan fingerprint density at radius 1 is 1.04 bits per heavy atom. The van der Waals surface area contributed by atoms with Crippen LogP contribution in [0.25, 0.3) is 0 Å². The van der Waals surface area contributed by atoms with E-state index in [0.717, 1.165) is 12.0 Å². The van der Waals surface area contributed by atoms with Crippen molar-refractivity contribution in [3.63, 3.8) is 0 Å². The molecule has 0 heterocycles. The molecule has 2 rings (SSSR count). The number of benzene rings is 2. The Hall–Kier alpha value is -2.86. The molecular formula is C18H21N3O3. The van der Waals surface area contributed by atoms with Crippen LogP contribution in [0, 0.1) is 0 Å². The molecule has 0 aliphatic rings. The lowest BCUT2D eigenvalue weighted by Crippen LogP contribution is -2.38. The van der Waals surface area contributed by atoms with Crippen LogP contribution in [-0.2, 0) is 6.42 Å². The zero-order valence-corrected chi connectivity index (χ0v) is 13.5. The summed E-state index contributed by atoms with van der Waals surface area (Å²) in [6.07, 6.45) is 0.771. The highest BCUT2D eigenvalue weighted by Gasteiger charge is 2.10. The van der Waals surface area contributed by atoms with E-state index in [1.54, 1.807) is 29.7 Å². The Kier molecular flexibility index (Phi) is 6.33. The number of amides is 3. The summed E-state index contributed by atoms with van der Waals surface area (Å²) >= 11 is 0. The summed E-state index contributed by atoms with van der Waals surface area (Å²) in [6.45, 7) is 2.41. The number of hydrogen-bond donors (Lipinski definition) is 4. The molecule has 0 spiro atoms. The van der Waals surface area contributed by atoms with Gasteiger partial charge in [-0.3, -0.25) is 10.0 Å². The third-order valence-corrected chi connectivity index (χ3v) is 3.66. The number of urea groups is 1. The molecule has 126 valence electrons. The summed E-state index contributed by atoms with van der Waals surface area (Å²) in [4.78, 5) is 23.2. The lowest BCUT2D eigenvalue weighted by atomic mass is 10.1. The molecule has 2 aromatic carbocycles. The van der Waals surface area contributed by atoms with Crippen LogP contribution >= 0.6 is 0 Å². The van der Waals surface area contributed by atoms with E-state index < -0.39 is 5.91 Å². The Balaban J connectivity index is 1.79. The molecule has 3 amide bonds. The quantitative estimate of drug-likeness (QED) is 0.485. The van der Waals surface area contributed by atoms with Crippen molar-refractivity contribution in [2.24, 2.45) is 0 Å². The minimum absolute atomic E-state index is 0.201. The normalized spacial score (nSPS) is 11.4. The van der Waals surface area contributed by atoms with Gasteiger partial charge in [-0.15, -0.1) is 0 Å². The van der Waals surface area contributed by atoms with Crippen molar-refractivity contribution < 1.29 is 14.8 Å². The van der Waals surface area contributed by atoms with E-state index in [0.29, 0.717) is 12.1 Å². The molecule has 0 bridgehead atoms. The lowest BCUT2D eigenvalue weighted by Gasteiger charge is -2.15. The Labute approximate surface area is 140 Å². The third-order valence-electron chi connectivity index (χ3n) is 3.66. The van der Waals surface area contributed by atoms with Crippen molar-refractivity contribution in [2.75, 3.05) is 6.54 Å². The highest BCUT2D eigenvalue weighted by atomic mass is 16.5. The minimum atomic E-state index is -0.569. The maximum Gasteiger partial charge on any atom is 0.315 e. The Morgan fingerprint density at radius 2 is 1.71 bits per heavy atom. The molecule has 2 aromatic rings. The Morgan fingerprint density at radius 3 is 2.33 bits per heavy atom. The minimum Gasteiger partial charge on any atom is -0.338 e. The van der Waals surface area contributed by atoms with E-state index >= 15 is 0 Å². The zero-order valence-electron chi connectivity index (χ0n) is 13.5. The first-order valence-electron chi connectivity index (χ1n) is 7.73. The average molecular weight is 327 g/mol. The summed E-state index contributed by atoms with van der Waals surface area (Å²) in [7, 11) is 0. The molecule has 4 N–H and O–H groups in total. The van der Waals surface area contributed by atoms with E-state index in [2.05, 4.69) is 10.6 Å². The predicted molar refractivity (Wildman–Crippen MR) is 90.8 cm³/mol. The number of carbonyl (C=O) groups excluding carboxylic acids is 2. The molecule has 6 heteroatoms. The topological polar surface area (TPSA) is 90.5 Å². The first kappa shape index (κ1) is 17.5. The van der Waals surface area contributed by atoms with Crippen LogP contribution in [-0.4, -0.2) is 23.7 Å². The van der Waals surface area contributed by atoms with E-state index in [-0.39, 0.29) is 12.1 Å². The van der Waals surface area contributed by atoms with Crippen molar-refractivity contribution in [1.29, 1.82) is 0 Å². The van der Waals surface area contributed by atoms with Gasteiger partial charge in [0.2, 0.25) is 0 Å². The maximum absolute atomic E-state index is 11.9. The molecule has 0 aliphatic carbocycles. The van der Waals surface area contributed by atoms with Gasteiger partial charge in [0.25, 0.3) is 5.91 Å². The van der Waals surface area contributed by atoms with Crippen LogP contribution in [0.2, 0.25) is 0 Å². The SMILES string of the molecule is C[C@@H](NC(=O)NCCc1ccccc1)c1ccc(C(=O)NO)cc1. The number of nitrogens with one attached hydrogen (secondary N) is 3. The summed E-state index contributed by atoms with van der Waals surface area (Å²) in [6, 6.07) is 16.1. The van der Waals surface area contributed by atoms with Crippen LogP contribution in [0.15, 0.2) is 54.6 Å². The predicted octanol–water partition coefficient (Wildman–Crippen LogP) is 2.41. The fourth-order valence-corrected chi connectivity index (χ4v) is 2.28. The fraction of sp³-hybridized carbons (Fsp3) is 0.222. The van der Waals surface area contributed by atoms with E-state index in [9.17, 15) is 9.59 Å². The molecule has 0 fully saturated rings. The molecular weight excluding hydrogens is 306 g/mol. The summed E-state index contributed by atoms with van der Waals surface area (Å²) < 4.78 is 0. The van der Waals surface area contributed by atoms with Crippen LogP contribution in [0.5, 0.6) is 0 Å². The zero-order chi connectivity index (χ0) is 17.4. The van der Waals surface area contributed by atoms with Gasteiger partial charge in [-0.2, -0.15) is 0 Å². The Bertz CT molecular complexity index is 672. The second-order valence-electron chi connectivity index (χ2n) is 5.42. The fourth-order valence-electron chi connectivity index (χ4n) is 2.28. The maximum atomic E-state index is 11.9. The van der Waals surface area contributed by atoms with Gasteiger partial charge in [0.05, 0.1) is 6.04 Å². The molecule has 0 radical (unpaired) electrons. The van der Waals surface area contributed by atoms with Gasteiger partial charge < -0.3 is 10.6 Å². The summed E-state index contributed by atoms with van der Waals surface area (Å²) in [5.74, 6) is -0.569. The van der Waals surface area contributed by atoms with E-state index in [1.807, 2.05) is 37.3 Å². The van der Waals surface area contributed by atoms with Crippen molar-refractivity contribution in [3.8, 4) is 0 Å². The van der Waals surface area contributed by atoms with Crippen molar-refractivity contribution in [2.45, 2.75) is 19.4 Å². The van der Waals surface area contributed by atoms with Crippen LogP contribution in [0.3, 0.4) is 0 Å². The first-order chi connectivity index (χ1) is 11.6. The van der Waals surface area contributed by atoms with Gasteiger partial charge in [-0.1, -0.05) is 42.5 Å². The largest absolute Gasteiger partial charge is 0.338 e. The van der Waals surface area contributed by atoms with Gasteiger partial charge in [0.1, 0.15) is 0 Å². The lowest BCUT2D eigenvalue weighted by molar-refractivity contribution is 0.0706. The van der Waals surface area contributed by atoms with Gasteiger partial charge in [-0.25, -0.2) is 10.3 Å². The van der Waals surface area contributed by atoms with Gasteiger partial charge in [-0.05, 0) is 36.6 Å². The molecule has 0 saturated heterocycles. The van der Waals surface area contributed by atoms with Crippen molar-refractivity contribution in [3.05, 3.63) is 71.3 Å². The summed E-state index contributed by atoms with van der Waals surface area (Å²) in [5.41, 5.74) is 3.96. The van der Waals surface area contributed by atoms with Crippen molar-refractivity contribution >= 4 is 11.9 Å². The summed E-state index contributed by atoms with van der Waals surface area (Å²) in [5, 5.41) is 14.3. The first-order valence-corrected chi connectivity index (χ1v) is 7.73. The van der Waals surface area contributed by atoms with Crippen LogP contribution in [0.4, 0.5) is 4.79 Å². The molecule has 0 saturated carbocycles. The number of hydroxylamine groups is 1. The molecule has 0 aliphatic heterocycles. The molecule has 0 aromatic heterocycles. The highest BCUT2D eigenvalue weighted by Crippen LogP contribution is 2.13. The number of hydrogen-bond acceptors (Lipinski definition) is 3. The second kappa shape index (κ2) is 8.69. The molecule has 6 nitrogen and oxygen atoms in total. The van der Waals surface area contributed by atoms with E-state index in [4.69, 9.17) is 5.21 Å². The van der Waals surface area contributed by atoms with Crippen LogP contribution in [0.1, 0.15) is 34.5 Å². The molecule has 1 atom stereocenters. The van der Waals surface area contributed by atoms with Crippen LogP contribution < -0.4 is 16.1 Å². The highest BCUT2D eigenvalue weighted by molar-refractivity contribution is 5.93. The van der Waals surface area contributed by atoms with E-state index in [1.165, 1.54) is 5.56 Å². The second-order valence-corrected chi connectivity index (χ2v) is 5.42. The van der Waals surface area contributed by atoms with Gasteiger partial charge >= 0.3 is 6.03 Å². The number of rotatable bonds is 6. The number of carbonyl (C=O) groups is 2. The smallest absolute Gasteiger partial charge is 0.315 e. The standard InChI is InChI=1S/C18H21N3O3/c1-13(15-7-9-16(10-8-15)17(22)21-24)20-18(23)19-12-11-14-5-3-2-4-6-14/h2-10,13,24H,11-12H2,1H3,(H,21,22)(H2,19,20,23)/t13-/m1/s1. The van der Waals surface area contributed by atoms with Gasteiger partial charge in [0.15, 0.2) is 0 Å². The van der Waals surface area contributed by atoms with Crippen molar-refractivity contribution in [1.82, 2.24) is 16.1 Å². The third kappa shape index (κ3) is 5.10. The monoisotopic (exact) mass is 327 g/mol. The average Bonchev–Trinajstić information content (AvgIpc) is 2.62. The molecule has 24 heavy (non-hydrogen) atoms. The molecule has 0 unspecified atom stereocenters. The van der Waals surface area contributed by atoms with Gasteiger partial charge in [0, 0.05) is 12.1 Å².